The Balaban J connectivity index is 2.75. The van der Waals surface area contributed by atoms with Gasteiger partial charge < -0.3 is 4.74 Å². The molecule has 1 aromatic rings. The van der Waals surface area contributed by atoms with Crippen LogP contribution >= 0.6 is 0 Å². The molecule has 96 valence electrons. The molecule has 4 nitrogen and oxygen atoms in total. The highest BCUT2D eigenvalue weighted by atomic mass is 16.5. The summed E-state index contributed by atoms with van der Waals surface area (Å²) >= 11 is 0. The first-order valence-electron chi connectivity index (χ1n) is 6.21. The van der Waals surface area contributed by atoms with Gasteiger partial charge in [-0.3, -0.25) is 4.79 Å². The van der Waals surface area contributed by atoms with Crippen molar-refractivity contribution in [1.82, 2.24) is 4.57 Å². The summed E-state index contributed by atoms with van der Waals surface area (Å²) in [6.45, 7) is 5.32. The molecule has 0 bridgehead atoms. The zero-order valence-electron chi connectivity index (χ0n) is 11.3. The van der Waals surface area contributed by atoms with Crippen LogP contribution in [0, 0.1) is 6.92 Å². The van der Waals surface area contributed by atoms with Crippen LogP contribution in [-0.2, 0) is 29.5 Å². The van der Waals surface area contributed by atoms with Crippen LogP contribution in [0.5, 0.6) is 0 Å². The molecule has 0 fully saturated rings. The van der Waals surface area contributed by atoms with Gasteiger partial charge in [0.2, 0.25) is 0 Å². The first kappa shape index (κ1) is 13.7. The average Bonchev–Trinajstić information content (AvgIpc) is 2.60. The molecule has 0 aliphatic heterocycles. The summed E-state index contributed by atoms with van der Waals surface area (Å²) in [5, 5.41) is 0. The second kappa shape index (κ2) is 6.42. The van der Waals surface area contributed by atoms with Gasteiger partial charge in [-0.25, -0.2) is 9.13 Å². The average molecular weight is 239 g/mol. The second-order valence-corrected chi connectivity index (χ2v) is 4.36. The third-order valence-corrected chi connectivity index (χ3v) is 3.14. The van der Waals surface area contributed by atoms with Gasteiger partial charge in [-0.05, 0) is 6.42 Å². The summed E-state index contributed by atoms with van der Waals surface area (Å²) in [5.74, 6) is 1.09. The van der Waals surface area contributed by atoms with Crippen molar-refractivity contribution in [3.63, 3.8) is 0 Å². The van der Waals surface area contributed by atoms with E-state index < -0.39 is 0 Å². The lowest BCUT2D eigenvalue weighted by Gasteiger charge is -2.02. The largest absolute Gasteiger partial charge is 0.469 e. The summed E-state index contributed by atoms with van der Waals surface area (Å²) in [6, 6.07) is 0. The third-order valence-electron chi connectivity index (χ3n) is 3.14. The number of hydrogen-bond donors (Lipinski definition) is 0. The molecule has 1 rings (SSSR count). The summed E-state index contributed by atoms with van der Waals surface area (Å²) in [6.07, 6.45) is 5.65. The van der Waals surface area contributed by atoms with E-state index in [1.165, 1.54) is 31.5 Å². The molecule has 4 heteroatoms. The Morgan fingerprint density at radius 2 is 2.24 bits per heavy atom. The van der Waals surface area contributed by atoms with E-state index in [9.17, 15) is 4.79 Å². The fourth-order valence-corrected chi connectivity index (χ4v) is 1.94. The van der Waals surface area contributed by atoms with Gasteiger partial charge in [0.05, 0.1) is 27.1 Å². The lowest BCUT2D eigenvalue weighted by molar-refractivity contribution is -0.677. The van der Waals surface area contributed by atoms with Gasteiger partial charge in [-0.2, -0.15) is 0 Å². The minimum absolute atomic E-state index is 0.145. The smallest absolute Gasteiger partial charge is 0.305 e. The van der Waals surface area contributed by atoms with Gasteiger partial charge in [0, 0.05) is 13.3 Å². The molecule has 0 saturated carbocycles. The van der Waals surface area contributed by atoms with Crippen molar-refractivity contribution in [3.05, 3.63) is 17.7 Å². The van der Waals surface area contributed by atoms with Gasteiger partial charge in [0.25, 0.3) is 5.82 Å². The zero-order chi connectivity index (χ0) is 12.8. The van der Waals surface area contributed by atoms with Crippen molar-refractivity contribution < 1.29 is 14.1 Å². The van der Waals surface area contributed by atoms with Gasteiger partial charge in [0.15, 0.2) is 0 Å². The van der Waals surface area contributed by atoms with Crippen molar-refractivity contribution in [2.75, 3.05) is 7.11 Å². The highest BCUT2D eigenvalue weighted by Crippen LogP contribution is 2.08. The summed E-state index contributed by atoms with van der Waals surface area (Å²) in [5.41, 5.74) is 1.21. The Morgan fingerprint density at radius 3 is 2.82 bits per heavy atom. The topological polar surface area (TPSA) is 35.1 Å². The van der Waals surface area contributed by atoms with Crippen molar-refractivity contribution in [2.45, 2.75) is 46.1 Å². The quantitative estimate of drug-likeness (QED) is 0.557. The number of unbranched alkanes of at least 4 members (excludes halogenated alkanes) is 1. The fourth-order valence-electron chi connectivity index (χ4n) is 1.94. The SMILES string of the molecule is CCCCn1c(CCC(=O)OC)c[n+](C)c1C. The van der Waals surface area contributed by atoms with Crippen LogP contribution in [0.2, 0.25) is 0 Å². The summed E-state index contributed by atoms with van der Waals surface area (Å²) in [4.78, 5) is 11.2. The lowest BCUT2D eigenvalue weighted by atomic mass is 10.2. The number of esters is 1. The Kier molecular flexibility index (Phi) is 5.19. The monoisotopic (exact) mass is 239 g/mol. The first-order chi connectivity index (χ1) is 8.10. The second-order valence-electron chi connectivity index (χ2n) is 4.36. The van der Waals surface area contributed by atoms with Gasteiger partial charge in [0.1, 0.15) is 11.9 Å². The summed E-state index contributed by atoms with van der Waals surface area (Å²) < 4.78 is 9.09. The Bertz CT molecular complexity index is 383. The van der Waals surface area contributed by atoms with Crippen LogP contribution < -0.4 is 4.57 Å². The number of carbonyl (C=O) groups excluding carboxylic acids is 1. The molecule has 0 aliphatic rings. The summed E-state index contributed by atoms with van der Waals surface area (Å²) in [7, 11) is 3.48. The van der Waals surface area contributed by atoms with E-state index in [-0.39, 0.29) is 5.97 Å². The molecule has 0 atom stereocenters. The Labute approximate surface area is 103 Å². The van der Waals surface area contributed by atoms with Gasteiger partial charge in [-0.1, -0.05) is 13.3 Å². The number of hydrogen-bond acceptors (Lipinski definition) is 2. The van der Waals surface area contributed by atoms with Crippen molar-refractivity contribution in [2.24, 2.45) is 7.05 Å². The molecule has 0 saturated heterocycles. The third kappa shape index (κ3) is 3.58. The van der Waals surface area contributed by atoms with E-state index in [1.54, 1.807) is 0 Å². The number of rotatable bonds is 6. The van der Waals surface area contributed by atoms with E-state index in [4.69, 9.17) is 0 Å². The lowest BCUT2D eigenvalue weighted by Crippen LogP contribution is -2.29. The van der Waals surface area contributed by atoms with E-state index >= 15 is 0 Å². The standard InChI is InChI=1S/C13H23N2O2/c1-5-6-9-15-11(2)14(3)10-12(15)7-8-13(16)17-4/h10H,5-9H2,1-4H3/q+1. The van der Waals surface area contributed by atoms with Crippen molar-refractivity contribution >= 4 is 5.97 Å². The number of nitrogens with zero attached hydrogens (tertiary/aromatic N) is 2. The minimum Gasteiger partial charge on any atom is -0.469 e. The van der Waals surface area contributed by atoms with Gasteiger partial charge in [-0.15, -0.1) is 0 Å². The van der Waals surface area contributed by atoms with Crippen LogP contribution in [-0.4, -0.2) is 17.6 Å². The number of aryl methyl sites for hydroxylation is 2. The molecule has 0 aliphatic carbocycles. The van der Waals surface area contributed by atoms with E-state index in [0.29, 0.717) is 6.42 Å². The van der Waals surface area contributed by atoms with Crippen molar-refractivity contribution in [1.29, 1.82) is 0 Å². The van der Waals surface area contributed by atoms with E-state index in [2.05, 4.69) is 33.9 Å². The van der Waals surface area contributed by atoms with E-state index in [1.807, 2.05) is 7.05 Å². The van der Waals surface area contributed by atoms with Crippen LogP contribution in [0.15, 0.2) is 6.20 Å². The van der Waals surface area contributed by atoms with Crippen LogP contribution in [0.1, 0.15) is 37.7 Å². The molecule has 0 unspecified atom stereocenters. The number of methoxy groups -OCH3 is 1. The molecule has 1 aromatic heterocycles. The molecule has 1 heterocycles. The minimum atomic E-state index is -0.145. The predicted molar refractivity (Wildman–Crippen MR) is 65.6 cm³/mol. The zero-order valence-corrected chi connectivity index (χ0v) is 11.3. The molecular weight excluding hydrogens is 216 g/mol. The fraction of sp³-hybridized carbons (Fsp3) is 0.692. The molecule has 0 aromatic carbocycles. The molecule has 17 heavy (non-hydrogen) atoms. The predicted octanol–water partition coefficient (Wildman–Crippen LogP) is 1.53. The van der Waals surface area contributed by atoms with Crippen LogP contribution in [0.25, 0.3) is 0 Å². The molecule has 0 amide bonds. The molecular formula is C13H23N2O2+. The Morgan fingerprint density at radius 1 is 1.53 bits per heavy atom. The molecule has 0 radical (unpaired) electrons. The maximum absolute atomic E-state index is 11.2. The Hall–Kier alpha value is -1.32. The highest BCUT2D eigenvalue weighted by molar-refractivity contribution is 5.69. The highest BCUT2D eigenvalue weighted by Gasteiger charge is 2.17. The maximum atomic E-state index is 11.2. The van der Waals surface area contributed by atoms with E-state index in [0.717, 1.165) is 13.0 Å². The normalized spacial score (nSPS) is 10.6. The molecule has 0 spiro atoms. The van der Waals surface area contributed by atoms with Crippen LogP contribution in [0.4, 0.5) is 0 Å². The van der Waals surface area contributed by atoms with Crippen molar-refractivity contribution in [3.8, 4) is 0 Å². The number of ether oxygens (including phenoxy) is 1. The first-order valence-corrected chi connectivity index (χ1v) is 6.21. The number of aromatic nitrogens is 2. The maximum Gasteiger partial charge on any atom is 0.305 e. The molecule has 0 N–H and O–H groups in total. The van der Waals surface area contributed by atoms with Crippen LogP contribution in [0.3, 0.4) is 0 Å². The number of carbonyl (C=O) groups is 1. The number of imidazole rings is 1. The van der Waals surface area contributed by atoms with Gasteiger partial charge >= 0.3 is 5.97 Å².